The SMILES string of the molecule is CCOC(=O)C(C)C1COCC1(C)C. The highest BCUT2D eigenvalue weighted by Gasteiger charge is 2.41. The summed E-state index contributed by atoms with van der Waals surface area (Å²) in [5, 5.41) is 0. The van der Waals surface area contributed by atoms with Gasteiger partial charge in [-0.25, -0.2) is 0 Å². The summed E-state index contributed by atoms with van der Waals surface area (Å²) in [5.74, 6) is 0.116. The molecule has 3 nitrogen and oxygen atoms in total. The van der Waals surface area contributed by atoms with Gasteiger partial charge in [-0.05, 0) is 12.3 Å². The molecule has 0 amide bonds. The van der Waals surface area contributed by atoms with Gasteiger partial charge in [-0.15, -0.1) is 0 Å². The molecule has 1 aliphatic rings. The minimum atomic E-state index is -0.101. The summed E-state index contributed by atoms with van der Waals surface area (Å²) in [6.07, 6.45) is 0. The second kappa shape index (κ2) is 4.30. The summed E-state index contributed by atoms with van der Waals surface area (Å²) >= 11 is 0. The van der Waals surface area contributed by atoms with Crippen LogP contribution in [0.25, 0.3) is 0 Å². The van der Waals surface area contributed by atoms with Gasteiger partial charge in [0.2, 0.25) is 0 Å². The monoisotopic (exact) mass is 200 g/mol. The minimum Gasteiger partial charge on any atom is -0.466 e. The molecule has 0 aromatic rings. The van der Waals surface area contributed by atoms with Crippen molar-refractivity contribution >= 4 is 5.97 Å². The number of rotatable bonds is 3. The molecule has 1 rings (SSSR count). The van der Waals surface area contributed by atoms with Crippen LogP contribution >= 0.6 is 0 Å². The maximum Gasteiger partial charge on any atom is 0.309 e. The van der Waals surface area contributed by atoms with Crippen molar-refractivity contribution in [1.29, 1.82) is 0 Å². The Kier molecular flexibility index (Phi) is 3.53. The molecule has 0 N–H and O–H groups in total. The first kappa shape index (κ1) is 11.5. The molecule has 0 spiro atoms. The average molecular weight is 200 g/mol. The van der Waals surface area contributed by atoms with Crippen LogP contribution in [0.3, 0.4) is 0 Å². The van der Waals surface area contributed by atoms with Gasteiger partial charge in [-0.3, -0.25) is 4.79 Å². The smallest absolute Gasteiger partial charge is 0.309 e. The fourth-order valence-electron chi connectivity index (χ4n) is 2.04. The van der Waals surface area contributed by atoms with Crippen LogP contribution in [0, 0.1) is 17.3 Å². The van der Waals surface area contributed by atoms with E-state index in [9.17, 15) is 4.79 Å². The summed E-state index contributed by atoms with van der Waals surface area (Å²) in [6, 6.07) is 0. The van der Waals surface area contributed by atoms with Crippen LogP contribution in [0.15, 0.2) is 0 Å². The first-order valence-electron chi connectivity index (χ1n) is 5.23. The van der Waals surface area contributed by atoms with Crippen molar-refractivity contribution in [2.24, 2.45) is 17.3 Å². The highest BCUT2D eigenvalue weighted by Crippen LogP contribution is 2.38. The number of carbonyl (C=O) groups excluding carboxylic acids is 1. The predicted molar refractivity (Wildman–Crippen MR) is 53.9 cm³/mol. The molecule has 0 aromatic carbocycles. The molecule has 1 aliphatic heterocycles. The van der Waals surface area contributed by atoms with Gasteiger partial charge >= 0.3 is 5.97 Å². The highest BCUT2D eigenvalue weighted by molar-refractivity contribution is 5.72. The zero-order valence-corrected chi connectivity index (χ0v) is 9.50. The number of esters is 1. The lowest BCUT2D eigenvalue weighted by atomic mass is 9.75. The van der Waals surface area contributed by atoms with Crippen LogP contribution in [0.1, 0.15) is 27.7 Å². The van der Waals surface area contributed by atoms with Crippen LogP contribution in [-0.2, 0) is 14.3 Å². The topological polar surface area (TPSA) is 35.5 Å². The van der Waals surface area contributed by atoms with Crippen LogP contribution < -0.4 is 0 Å². The average Bonchev–Trinajstić information content (AvgIpc) is 2.44. The second-order valence-electron chi connectivity index (χ2n) is 4.65. The summed E-state index contributed by atoms with van der Waals surface area (Å²) in [6.45, 7) is 9.91. The summed E-state index contributed by atoms with van der Waals surface area (Å²) in [4.78, 5) is 11.5. The van der Waals surface area contributed by atoms with Crippen molar-refractivity contribution in [3.05, 3.63) is 0 Å². The zero-order chi connectivity index (χ0) is 10.8. The van der Waals surface area contributed by atoms with Gasteiger partial charge in [-0.2, -0.15) is 0 Å². The minimum absolute atomic E-state index is 0.0625. The van der Waals surface area contributed by atoms with Crippen molar-refractivity contribution in [2.75, 3.05) is 19.8 Å². The van der Waals surface area contributed by atoms with Crippen molar-refractivity contribution in [2.45, 2.75) is 27.7 Å². The maximum atomic E-state index is 11.5. The molecule has 1 saturated heterocycles. The van der Waals surface area contributed by atoms with E-state index in [0.717, 1.165) is 6.61 Å². The Morgan fingerprint density at radius 2 is 2.29 bits per heavy atom. The first-order valence-corrected chi connectivity index (χ1v) is 5.23. The number of carbonyl (C=O) groups is 1. The first-order chi connectivity index (χ1) is 6.49. The molecular formula is C11H20O3. The summed E-state index contributed by atoms with van der Waals surface area (Å²) in [5.41, 5.74) is 0.0895. The van der Waals surface area contributed by atoms with Crippen LogP contribution in [0.5, 0.6) is 0 Å². The maximum absolute atomic E-state index is 11.5. The van der Waals surface area contributed by atoms with E-state index in [1.807, 2.05) is 13.8 Å². The van der Waals surface area contributed by atoms with Gasteiger partial charge in [0, 0.05) is 5.92 Å². The van der Waals surface area contributed by atoms with Gasteiger partial charge in [0.15, 0.2) is 0 Å². The van der Waals surface area contributed by atoms with Gasteiger partial charge in [0.25, 0.3) is 0 Å². The third-order valence-electron chi connectivity index (χ3n) is 3.04. The van der Waals surface area contributed by atoms with Crippen molar-refractivity contribution in [3.63, 3.8) is 0 Å². The van der Waals surface area contributed by atoms with E-state index in [4.69, 9.17) is 9.47 Å². The molecule has 0 bridgehead atoms. The third kappa shape index (κ3) is 2.27. The Morgan fingerprint density at radius 1 is 1.64 bits per heavy atom. The van der Waals surface area contributed by atoms with E-state index in [2.05, 4.69) is 13.8 Å². The normalized spacial score (nSPS) is 27.3. The van der Waals surface area contributed by atoms with Crippen molar-refractivity contribution in [3.8, 4) is 0 Å². The molecule has 2 unspecified atom stereocenters. The molecule has 2 atom stereocenters. The summed E-state index contributed by atoms with van der Waals surface area (Å²) < 4.78 is 10.4. The van der Waals surface area contributed by atoms with E-state index in [1.54, 1.807) is 0 Å². The van der Waals surface area contributed by atoms with Gasteiger partial charge < -0.3 is 9.47 Å². The van der Waals surface area contributed by atoms with E-state index in [1.165, 1.54) is 0 Å². The lowest BCUT2D eigenvalue weighted by Crippen LogP contribution is -2.33. The molecule has 82 valence electrons. The molecular weight excluding hydrogens is 180 g/mol. The Labute approximate surface area is 85.8 Å². The Hall–Kier alpha value is -0.570. The highest BCUT2D eigenvalue weighted by atomic mass is 16.5. The van der Waals surface area contributed by atoms with Crippen LogP contribution in [0.4, 0.5) is 0 Å². The largest absolute Gasteiger partial charge is 0.466 e. The van der Waals surface area contributed by atoms with Crippen LogP contribution in [-0.4, -0.2) is 25.8 Å². The third-order valence-corrected chi connectivity index (χ3v) is 3.04. The Balaban J connectivity index is 2.60. The predicted octanol–water partition coefficient (Wildman–Crippen LogP) is 1.86. The van der Waals surface area contributed by atoms with E-state index in [0.29, 0.717) is 13.2 Å². The quantitative estimate of drug-likeness (QED) is 0.652. The number of hydrogen-bond donors (Lipinski definition) is 0. The van der Waals surface area contributed by atoms with E-state index < -0.39 is 0 Å². The molecule has 14 heavy (non-hydrogen) atoms. The fourth-order valence-corrected chi connectivity index (χ4v) is 2.04. The summed E-state index contributed by atoms with van der Waals surface area (Å²) in [7, 11) is 0. The van der Waals surface area contributed by atoms with Gasteiger partial charge in [-0.1, -0.05) is 20.8 Å². The zero-order valence-electron chi connectivity index (χ0n) is 9.50. The Morgan fingerprint density at radius 3 is 2.71 bits per heavy atom. The van der Waals surface area contributed by atoms with E-state index >= 15 is 0 Å². The van der Waals surface area contributed by atoms with Gasteiger partial charge in [0.1, 0.15) is 0 Å². The van der Waals surface area contributed by atoms with Crippen molar-refractivity contribution < 1.29 is 14.3 Å². The van der Waals surface area contributed by atoms with Crippen molar-refractivity contribution in [1.82, 2.24) is 0 Å². The Bertz CT molecular complexity index is 211. The lowest BCUT2D eigenvalue weighted by molar-refractivity contribution is -0.150. The molecule has 1 fully saturated rings. The second-order valence-corrected chi connectivity index (χ2v) is 4.65. The number of hydrogen-bond acceptors (Lipinski definition) is 3. The molecule has 0 saturated carbocycles. The molecule has 1 heterocycles. The van der Waals surface area contributed by atoms with Crippen LogP contribution in [0.2, 0.25) is 0 Å². The standard InChI is InChI=1S/C11H20O3/c1-5-14-10(12)8(2)9-6-13-7-11(9,3)4/h8-9H,5-7H2,1-4H3. The lowest BCUT2D eigenvalue weighted by Gasteiger charge is -2.28. The number of ether oxygens (including phenoxy) is 2. The molecule has 0 radical (unpaired) electrons. The molecule has 0 aliphatic carbocycles. The fraction of sp³-hybridized carbons (Fsp3) is 0.909. The molecule has 3 heteroatoms. The molecule has 0 aromatic heterocycles. The van der Waals surface area contributed by atoms with Gasteiger partial charge in [0.05, 0.1) is 25.7 Å². The van der Waals surface area contributed by atoms with E-state index in [-0.39, 0.29) is 23.2 Å².